The molecule has 1 heteroatoms. The highest BCUT2D eigenvalue weighted by Gasteiger charge is 2.30. The second-order valence-electron chi connectivity index (χ2n) is 6.67. The fraction of sp³-hybridized carbons (Fsp3) is 0.684. The van der Waals surface area contributed by atoms with Crippen LogP contribution in [0.5, 0.6) is 0 Å². The largest absolute Gasteiger partial charge is 0.316 e. The third-order valence-corrected chi connectivity index (χ3v) is 4.14. The molecule has 1 aromatic rings. The van der Waals surface area contributed by atoms with Gasteiger partial charge in [0.1, 0.15) is 0 Å². The van der Waals surface area contributed by atoms with Crippen molar-refractivity contribution in [1.29, 1.82) is 0 Å². The molecule has 0 unspecified atom stereocenters. The average molecular weight is 275 g/mol. The van der Waals surface area contributed by atoms with Crippen LogP contribution >= 0.6 is 0 Å². The predicted octanol–water partition coefficient (Wildman–Crippen LogP) is 5.08. The molecule has 114 valence electrons. The first-order valence-electron chi connectivity index (χ1n) is 8.32. The minimum Gasteiger partial charge on any atom is -0.316 e. The maximum absolute atomic E-state index is 3.71. The molecule has 0 saturated carbocycles. The Morgan fingerprint density at radius 1 is 1.00 bits per heavy atom. The fourth-order valence-corrected chi connectivity index (χ4v) is 3.16. The van der Waals surface area contributed by atoms with E-state index in [2.05, 4.69) is 64.2 Å². The highest BCUT2D eigenvalue weighted by atomic mass is 14.9. The summed E-state index contributed by atoms with van der Waals surface area (Å²) in [7, 11) is 0. The van der Waals surface area contributed by atoms with Gasteiger partial charge in [-0.1, -0.05) is 70.4 Å². The lowest BCUT2D eigenvalue weighted by Gasteiger charge is -2.35. The first-order chi connectivity index (χ1) is 9.54. The Morgan fingerprint density at radius 2 is 1.55 bits per heavy atom. The minimum absolute atomic E-state index is 0.312. The van der Waals surface area contributed by atoms with E-state index in [4.69, 9.17) is 0 Å². The molecule has 0 saturated heterocycles. The zero-order chi connectivity index (χ0) is 15.0. The molecule has 0 amide bonds. The van der Waals surface area contributed by atoms with Crippen LogP contribution in [0.3, 0.4) is 0 Å². The van der Waals surface area contributed by atoms with Crippen molar-refractivity contribution < 1.29 is 0 Å². The number of rotatable bonds is 9. The van der Waals surface area contributed by atoms with Gasteiger partial charge >= 0.3 is 0 Å². The van der Waals surface area contributed by atoms with Crippen molar-refractivity contribution in [3.05, 3.63) is 35.4 Å². The first-order valence-corrected chi connectivity index (χ1v) is 8.32. The predicted molar refractivity (Wildman–Crippen MR) is 90.4 cm³/mol. The first kappa shape index (κ1) is 17.2. The molecule has 0 aromatic heterocycles. The van der Waals surface area contributed by atoms with Crippen LogP contribution in [0.4, 0.5) is 0 Å². The standard InChI is InChI=1S/C19H33N/c1-6-12-19(13-7-2,15-20-14-16(3)4)18-10-8-17(5)9-11-18/h8-11,16,20H,6-7,12-15H2,1-5H3. The van der Waals surface area contributed by atoms with Crippen molar-refractivity contribution >= 4 is 0 Å². The Balaban J connectivity index is 2.93. The summed E-state index contributed by atoms with van der Waals surface area (Å²) in [6, 6.07) is 9.21. The van der Waals surface area contributed by atoms with Gasteiger partial charge in [-0.2, -0.15) is 0 Å². The van der Waals surface area contributed by atoms with E-state index in [1.54, 1.807) is 0 Å². The molecule has 0 aliphatic carbocycles. The van der Waals surface area contributed by atoms with Crippen LogP contribution in [0.25, 0.3) is 0 Å². The molecule has 0 spiro atoms. The summed E-state index contributed by atoms with van der Waals surface area (Å²) in [5.41, 5.74) is 3.18. The second-order valence-corrected chi connectivity index (χ2v) is 6.67. The van der Waals surface area contributed by atoms with Gasteiger partial charge in [0.2, 0.25) is 0 Å². The van der Waals surface area contributed by atoms with Gasteiger partial charge in [0.15, 0.2) is 0 Å². The number of hydrogen-bond donors (Lipinski definition) is 1. The van der Waals surface area contributed by atoms with Gasteiger partial charge in [-0.15, -0.1) is 0 Å². The van der Waals surface area contributed by atoms with E-state index in [9.17, 15) is 0 Å². The van der Waals surface area contributed by atoms with Crippen molar-refractivity contribution in [3.63, 3.8) is 0 Å². The lowest BCUT2D eigenvalue weighted by atomic mass is 9.73. The van der Waals surface area contributed by atoms with Crippen LogP contribution in [-0.2, 0) is 5.41 Å². The summed E-state index contributed by atoms with van der Waals surface area (Å²) in [6.45, 7) is 13.6. The van der Waals surface area contributed by atoms with Gasteiger partial charge < -0.3 is 5.32 Å². The summed E-state index contributed by atoms with van der Waals surface area (Å²) in [5, 5.41) is 3.71. The molecule has 0 aliphatic heterocycles. The topological polar surface area (TPSA) is 12.0 Å². The summed E-state index contributed by atoms with van der Waals surface area (Å²) in [5.74, 6) is 0.717. The molecular weight excluding hydrogens is 242 g/mol. The molecule has 1 aromatic carbocycles. The summed E-state index contributed by atoms with van der Waals surface area (Å²) in [4.78, 5) is 0. The van der Waals surface area contributed by atoms with Crippen LogP contribution < -0.4 is 5.32 Å². The maximum Gasteiger partial charge on any atom is 0.00775 e. The van der Waals surface area contributed by atoms with Gasteiger partial charge in [0.05, 0.1) is 0 Å². The van der Waals surface area contributed by atoms with Crippen LogP contribution in [-0.4, -0.2) is 13.1 Å². The van der Waals surface area contributed by atoms with Gasteiger partial charge in [0, 0.05) is 12.0 Å². The normalized spacial score (nSPS) is 12.1. The van der Waals surface area contributed by atoms with Crippen LogP contribution in [0.15, 0.2) is 24.3 Å². The Bertz CT molecular complexity index is 358. The SMILES string of the molecule is CCCC(CCC)(CNCC(C)C)c1ccc(C)cc1. The van der Waals surface area contributed by atoms with E-state index in [1.165, 1.54) is 36.8 Å². The molecule has 1 rings (SSSR count). The highest BCUT2D eigenvalue weighted by molar-refractivity contribution is 5.29. The number of hydrogen-bond acceptors (Lipinski definition) is 1. The minimum atomic E-state index is 0.312. The lowest BCUT2D eigenvalue weighted by Crippen LogP contribution is -2.39. The zero-order valence-corrected chi connectivity index (χ0v) is 14.1. The van der Waals surface area contributed by atoms with Crippen molar-refractivity contribution in [2.24, 2.45) is 5.92 Å². The Labute approximate surface area is 126 Å². The fourth-order valence-electron chi connectivity index (χ4n) is 3.16. The molecule has 0 fully saturated rings. The van der Waals surface area contributed by atoms with E-state index < -0.39 is 0 Å². The summed E-state index contributed by atoms with van der Waals surface area (Å²) in [6.07, 6.45) is 5.04. The van der Waals surface area contributed by atoms with Crippen molar-refractivity contribution in [2.45, 2.75) is 65.7 Å². The highest BCUT2D eigenvalue weighted by Crippen LogP contribution is 2.34. The van der Waals surface area contributed by atoms with Crippen molar-refractivity contribution in [3.8, 4) is 0 Å². The van der Waals surface area contributed by atoms with E-state index >= 15 is 0 Å². The quantitative estimate of drug-likeness (QED) is 0.663. The number of aryl methyl sites for hydroxylation is 1. The Kier molecular flexibility index (Phi) is 7.29. The number of benzene rings is 1. The molecule has 1 nitrogen and oxygen atoms in total. The monoisotopic (exact) mass is 275 g/mol. The van der Waals surface area contributed by atoms with E-state index in [0.717, 1.165) is 13.1 Å². The third kappa shape index (κ3) is 4.94. The Morgan fingerprint density at radius 3 is 2.00 bits per heavy atom. The zero-order valence-electron chi connectivity index (χ0n) is 14.1. The molecule has 1 N–H and O–H groups in total. The van der Waals surface area contributed by atoms with Gasteiger partial charge in [0.25, 0.3) is 0 Å². The third-order valence-electron chi connectivity index (χ3n) is 4.14. The molecule has 0 radical (unpaired) electrons. The smallest absolute Gasteiger partial charge is 0.00775 e. The molecule has 0 heterocycles. The lowest BCUT2D eigenvalue weighted by molar-refractivity contribution is 0.328. The van der Waals surface area contributed by atoms with Gasteiger partial charge in [-0.25, -0.2) is 0 Å². The second kappa shape index (κ2) is 8.46. The Hall–Kier alpha value is -0.820. The molecule has 0 aliphatic rings. The molecule has 0 atom stereocenters. The van der Waals surface area contributed by atoms with Crippen molar-refractivity contribution in [2.75, 3.05) is 13.1 Å². The van der Waals surface area contributed by atoms with Gasteiger partial charge in [-0.3, -0.25) is 0 Å². The summed E-state index contributed by atoms with van der Waals surface area (Å²) < 4.78 is 0. The number of nitrogens with one attached hydrogen (secondary N) is 1. The van der Waals surface area contributed by atoms with Gasteiger partial charge in [-0.05, 0) is 37.8 Å². The van der Waals surface area contributed by atoms with Crippen LogP contribution in [0.1, 0.15) is 64.5 Å². The molecular formula is C19H33N. The molecule has 20 heavy (non-hydrogen) atoms. The maximum atomic E-state index is 3.71. The summed E-state index contributed by atoms with van der Waals surface area (Å²) >= 11 is 0. The van der Waals surface area contributed by atoms with Crippen LogP contribution in [0, 0.1) is 12.8 Å². The van der Waals surface area contributed by atoms with Crippen molar-refractivity contribution in [1.82, 2.24) is 5.32 Å². The molecule has 0 bridgehead atoms. The van der Waals surface area contributed by atoms with E-state index in [-0.39, 0.29) is 0 Å². The average Bonchev–Trinajstić information content (AvgIpc) is 2.39. The van der Waals surface area contributed by atoms with E-state index in [1.807, 2.05) is 0 Å². The van der Waals surface area contributed by atoms with Crippen LogP contribution in [0.2, 0.25) is 0 Å². The van der Waals surface area contributed by atoms with E-state index in [0.29, 0.717) is 11.3 Å².